The van der Waals surface area contributed by atoms with E-state index in [0.717, 1.165) is 29.0 Å². The second kappa shape index (κ2) is 7.06. The molecule has 0 saturated carbocycles. The number of aryl methyl sites for hydroxylation is 1. The van der Waals surface area contributed by atoms with E-state index in [1.807, 2.05) is 18.8 Å². The number of hydrogen-bond donors (Lipinski definition) is 2. The average Bonchev–Trinajstić information content (AvgIpc) is 2.85. The highest BCUT2D eigenvalue weighted by atomic mass is 32.2. The SMILES string of the molecule is CSCCC(C)N(C)Cc1nc(NN)c2cnn(C)c2n1. The van der Waals surface area contributed by atoms with Crippen molar-refractivity contribution in [2.24, 2.45) is 12.9 Å². The maximum atomic E-state index is 5.56. The predicted molar refractivity (Wildman–Crippen MR) is 88.0 cm³/mol. The van der Waals surface area contributed by atoms with Crippen LogP contribution in [0.1, 0.15) is 19.2 Å². The number of hydrogen-bond acceptors (Lipinski definition) is 7. The Morgan fingerprint density at radius 1 is 1.48 bits per heavy atom. The first-order valence-electron chi connectivity index (χ1n) is 6.91. The molecule has 2 aromatic heterocycles. The summed E-state index contributed by atoms with van der Waals surface area (Å²) in [5.41, 5.74) is 3.42. The molecule has 0 radical (unpaired) electrons. The number of nitrogen functional groups attached to an aromatic ring is 1. The minimum atomic E-state index is 0.484. The number of aromatic nitrogens is 4. The van der Waals surface area contributed by atoms with E-state index in [0.29, 0.717) is 18.4 Å². The van der Waals surface area contributed by atoms with Gasteiger partial charge >= 0.3 is 0 Å². The summed E-state index contributed by atoms with van der Waals surface area (Å²) in [5.74, 6) is 8.08. The van der Waals surface area contributed by atoms with Crippen LogP contribution in [0.25, 0.3) is 11.0 Å². The molecule has 8 heteroatoms. The summed E-state index contributed by atoms with van der Waals surface area (Å²) in [4.78, 5) is 11.3. The van der Waals surface area contributed by atoms with Crippen molar-refractivity contribution in [1.29, 1.82) is 0 Å². The molecule has 2 aromatic rings. The molecule has 7 nitrogen and oxygen atoms in total. The van der Waals surface area contributed by atoms with Gasteiger partial charge in [0, 0.05) is 13.1 Å². The summed E-state index contributed by atoms with van der Waals surface area (Å²) in [6, 6.07) is 0.484. The van der Waals surface area contributed by atoms with E-state index in [4.69, 9.17) is 5.84 Å². The van der Waals surface area contributed by atoms with E-state index in [9.17, 15) is 0 Å². The Balaban J connectivity index is 2.20. The summed E-state index contributed by atoms with van der Waals surface area (Å²) in [6.07, 6.45) is 5.00. The highest BCUT2D eigenvalue weighted by molar-refractivity contribution is 7.98. The van der Waals surface area contributed by atoms with Crippen molar-refractivity contribution in [1.82, 2.24) is 24.6 Å². The average molecular weight is 309 g/mol. The summed E-state index contributed by atoms with van der Waals surface area (Å²) in [6.45, 7) is 2.91. The van der Waals surface area contributed by atoms with Crippen LogP contribution in [0.15, 0.2) is 6.20 Å². The molecule has 0 fully saturated rings. The van der Waals surface area contributed by atoms with Crippen molar-refractivity contribution in [2.75, 3.05) is 24.5 Å². The zero-order valence-electron chi connectivity index (χ0n) is 13.0. The predicted octanol–water partition coefficient (Wildman–Crippen LogP) is 1.22. The smallest absolute Gasteiger partial charge is 0.163 e. The van der Waals surface area contributed by atoms with E-state index in [2.05, 4.69) is 45.6 Å². The van der Waals surface area contributed by atoms with Crippen LogP contribution < -0.4 is 11.3 Å². The molecule has 1 atom stereocenters. The summed E-state index contributed by atoms with van der Waals surface area (Å²) < 4.78 is 1.73. The van der Waals surface area contributed by atoms with Crippen LogP contribution in [0.4, 0.5) is 5.82 Å². The molecule has 116 valence electrons. The molecule has 0 saturated heterocycles. The Hall–Kier alpha value is -1.38. The fraction of sp³-hybridized carbons (Fsp3) is 0.615. The standard InChI is InChI=1S/C13H23N7S/c1-9(5-6-21-4)19(2)8-11-16-12(18-14)10-7-15-20(3)13(10)17-11/h7,9H,5-6,8,14H2,1-4H3,(H,16,17,18). The first-order valence-corrected chi connectivity index (χ1v) is 8.30. The summed E-state index contributed by atoms with van der Waals surface area (Å²) in [7, 11) is 3.96. The number of anilines is 1. The third kappa shape index (κ3) is 3.63. The molecular formula is C13H23N7S. The molecule has 0 aliphatic carbocycles. The molecular weight excluding hydrogens is 286 g/mol. The lowest BCUT2D eigenvalue weighted by atomic mass is 10.2. The van der Waals surface area contributed by atoms with Gasteiger partial charge in [-0.3, -0.25) is 9.58 Å². The van der Waals surface area contributed by atoms with Crippen molar-refractivity contribution in [2.45, 2.75) is 25.9 Å². The van der Waals surface area contributed by atoms with Gasteiger partial charge in [0.2, 0.25) is 0 Å². The number of nitrogens with two attached hydrogens (primary N) is 1. The normalized spacial score (nSPS) is 13.0. The van der Waals surface area contributed by atoms with Gasteiger partial charge in [-0.1, -0.05) is 0 Å². The van der Waals surface area contributed by atoms with Crippen molar-refractivity contribution in [3.8, 4) is 0 Å². The van der Waals surface area contributed by atoms with Crippen molar-refractivity contribution in [3.63, 3.8) is 0 Å². The highest BCUT2D eigenvalue weighted by Gasteiger charge is 2.14. The zero-order chi connectivity index (χ0) is 15.4. The number of nitrogens with one attached hydrogen (secondary N) is 1. The molecule has 0 aliphatic heterocycles. The van der Waals surface area contributed by atoms with Gasteiger partial charge in [0.15, 0.2) is 11.5 Å². The van der Waals surface area contributed by atoms with E-state index in [1.54, 1.807) is 10.9 Å². The molecule has 0 aliphatic rings. The van der Waals surface area contributed by atoms with Gasteiger partial charge < -0.3 is 5.43 Å². The van der Waals surface area contributed by atoms with Crippen molar-refractivity contribution >= 4 is 28.6 Å². The quantitative estimate of drug-likeness (QED) is 0.587. The van der Waals surface area contributed by atoms with Gasteiger partial charge in [0.05, 0.1) is 18.1 Å². The molecule has 2 heterocycles. The number of hydrazine groups is 1. The third-order valence-electron chi connectivity index (χ3n) is 3.66. The molecule has 0 spiro atoms. The lowest BCUT2D eigenvalue weighted by Gasteiger charge is -2.23. The number of thioether (sulfide) groups is 1. The van der Waals surface area contributed by atoms with Crippen molar-refractivity contribution < 1.29 is 0 Å². The number of nitrogens with zero attached hydrogens (tertiary/aromatic N) is 5. The third-order valence-corrected chi connectivity index (χ3v) is 4.30. The second-order valence-electron chi connectivity index (χ2n) is 5.18. The highest BCUT2D eigenvalue weighted by Crippen LogP contribution is 2.19. The van der Waals surface area contributed by atoms with Gasteiger partial charge in [-0.2, -0.15) is 16.9 Å². The molecule has 2 rings (SSSR count). The minimum Gasteiger partial charge on any atom is -0.308 e. The summed E-state index contributed by atoms with van der Waals surface area (Å²) in [5, 5.41) is 5.04. The van der Waals surface area contributed by atoms with Gasteiger partial charge in [-0.25, -0.2) is 15.8 Å². The summed E-state index contributed by atoms with van der Waals surface area (Å²) >= 11 is 1.87. The van der Waals surface area contributed by atoms with Crippen molar-refractivity contribution in [3.05, 3.63) is 12.0 Å². The number of rotatable bonds is 7. The van der Waals surface area contributed by atoms with Gasteiger partial charge in [0.25, 0.3) is 0 Å². The van der Waals surface area contributed by atoms with Gasteiger partial charge in [-0.05, 0) is 32.4 Å². The van der Waals surface area contributed by atoms with Crippen LogP contribution in [-0.2, 0) is 13.6 Å². The Kier molecular flexibility index (Phi) is 5.38. The molecule has 0 bridgehead atoms. The van der Waals surface area contributed by atoms with Crippen LogP contribution in [0.2, 0.25) is 0 Å². The Morgan fingerprint density at radius 2 is 2.24 bits per heavy atom. The topological polar surface area (TPSA) is 84.9 Å². The Labute approximate surface area is 129 Å². The maximum Gasteiger partial charge on any atom is 0.163 e. The van der Waals surface area contributed by atoms with Crippen LogP contribution in [0.5, 0.6) is 0 Å². The van der Waals surface area contributed by atoms with Crippen LogP contribution in [0, 0.1) is 0 Å². The Morgan fingerprint density at radius 3 is 2.90 bits per heavy atom. The molecule has 0 amide bonds. The lowest BCUT2D eigenvalue weighted by molar-refractivity contribution is 0.239. The van der Waals surface area contributed by atoms with Gasteiger partial charge in [-0.15, -0.1) is 0 Å². The molecule has 3 N–H and O–H groups in total. The van der Waals surface area contributed by atoms with Gasteiger partial charge in [0.1, 0.15) is 5.82 Å². The lowest BCUT2D eigenvalue weighted by Crippen LogP contribution is -2.30. The van der Waals surface area contributed by atoms with E-state index in [1.165, 1.54) is 0 Å². The fourth-order valence-corrected chi connectivity index (χ4v) is 2.71. The molecule has 0 aromatic carbocycles. The molecule has 21 heavy (non-hydrogen) atoms. The second-order valence-corrected chi connectivity index (χ2v) is 6.17. The van der Waals surface area contributed by atoms with E-state index in [-0.39, 0.29) is 0 Å². The monoisotopic (exact) mass is 309 g/mol. The van der Waals surface area contributed by atoms with Crippen LogP contribution in [0.3, 0.4) is 0 Å². The fourth-order valence-electron chi connectivity index (χ4n) is 2.14. The van der Waals surface area contributed by atoms with E-state index < -0.39 is 0 Å². The zero-order valence-corrected chi connectivity index (χ0v) is 13.8. The van der Waals surface area contributed by atoms with Crippen LogP contribution in [-0.4, -0.2) is 49.7 Å². The number of fused-ring (bicyclic) bond motifs is 1. The maximum absolute atomic E-state index is 5.56. The van der Waals surface area contributed by atoms with E-state index >= 15 is 0 Å². The Bertz CT molecular complexity index is 597. The minimum absolute atomic E-state index is 0.484. The first kappa shape index (κ1) is 16.0. The molecule has 1 unspecified atom stereocenters. The first-order chi connectivity index (χ1) is 10.1. The largest absolute Gasteiger partial charge is 0.308 e. The van der Waals surface area contributed by atoms with Crippen LogP contribution >= 0.6 is 11.8 Å².